The number of hydrogen-bond acceptors (Lipinski definition) is 4. The number of hydrogen-bond donors (Lipinski definition) is 1. The predicted octanol–water partition coefficient (Wildman–Crippen LogP) is 1.86. The number of nitrogens with zero attached hydrogens (tertiary/aromatic N) is 1. The Kier molecular flexibility index (Phi) is 4.85. The molecular formula is C16H23NO4. The van der Waals surface area contributed by atoms with Crippen LogP contribution in [0.3, 0.4) is 0 Å². The first kappa shape index (κ1) is 15.8. The first-order valence-electron chi connectivity index (χ1n) is 7.15. The molecule has 1 fully saturated rings. The minimum absolute atomic E-state index is 0.233. The quantitative estimate of drug-likeness (QED) is 0.831. The molecule has 116 valence electrons. The first-order valence-corrected chi connectivity index (χ1v) is 7.15. The highest BCUT2D eigenvalue weighted by Crippen LogP contribution is 2.24. The molecule has 1 aromatic rings. The molecule has 0 aromatic heterocycles. The van der Waals surface area contributed by atoms with E-state index in [0.29, 0.717) is 6.61 Å². The molecule has 1 saturated heterocycles. The number of carboxylic acids is 1. The van der Waals surface area contributed by atoms with Crippen molar-refractivity contribution in [2.45, 2.75) is 26.4 Å². The van der Waals surface area contributed by atoms with E-state index in [-0.39, 0.29) is 12.2 Å². The summed E-state index contributed by atoms with van der Waals surface area (Å²) >= 11 is 0. The fourth-order valence-corrected chi connectivity index (χ4v) is 2.69. The largest absolute Gasteiger partial charge is 0.492 e. The number of aliphatic carboxylic acids is 1. The smallest absolute Gasteiger partial charge is 0.329 e. The van der Waals surface area contributed by atoms with Crippen molar-refractivity contribution in [2.24, 2.45) is 0 Å². The molecule has 21 heavy (non-hydrogen) atoms. The van der Waals surface area contributed by atoms with Crippen LogP contribution in [0, 0.1) is 13.8 Å². The van der Waals surface area contributed by atoms with Crippen molar-refractivity contribution in [3.8, 4) is 5.75 Å². The van der Waals surface area contributed by atoms with Gasteiger partial charge in [-0.25, -0.2) is 4.79 Å². The second kappa shape index (κ2) is 6.45. The van der Waals surface area contributed by atoms with Gasteiger partial charge in [-0.3, -0.25) is 4.90 Å². The molecular weight excluding hydrogens is 270 g/mol. The minimum atomic E-state index is -0.923. The third kappa shape index (κ3) is 4.72. The fourth-order valence-electron chi connectivity index (χ4n) is 2.69. The van der Waals surface area contributed by atoms with E-state index in [1.54, 1.807) is 0 Å². The number of carbonyl (C=O) groups is 1. The van der Waals surface area contributed by atoms with Crippen LogP contribution in [-0.4, -0.2) is 54.4 Å². The standard InChI is InChI=1S/C16H23NO4/c1-12-6-13(2)8-14(7-12)20-5-4-17-10-16(3,11-17)21-9-15(18)19/h6-8H,4-5,9-11H2,1-3H3,(H,18,19). The third-order valence-corrected chi connectivity index (χ3v) is 3.53. The van der Waals surface area contributed by atoms with Gasteiger partial charge in [0.2, 0.25) is 0 Å². The summed E-state index contributed by atoms with van der Waals surface area (Å²) in [7, 11) is 0. The van der Waals surface area contributed by atoms with Gasteiger partial charge in [0.05, 0.1) is 5.60 Å². The molecule has 0 saturated carbocycles. The van der Waals surface area contributed by atoms with Crippen LogP contribution in [0.4, 0.5) is 0 Å². The molecule has 0 atom stereocenters. The zero-order valence-electron chi connectivity index (χ0n) is 12.9. The molecule has 1 aliphatic heterocycles. The van der Waals surface area contributed by atoms with Crippen molar-refractivity contribution in [1.82, 2.24) is 4.90 Å². The molecule has 0 spiro atoms. The van der Waals surface area contributed by atoms with Gasteiger partial charge in [-0.2, -0.15) is 0 Å². The first-order chi connectivity index (χ1) is 9.86. The molecule has 0 unspecified atom stereocenters. The monoisotopic (exact) mass is 293 g/mol. The second-order valence-electron chi connectivity index (χ2n) is 6.01. The van der Waals surface area contributed by atoms with Gasteiger partial charge in [0, 0.05) is 19.6 Å². The van der Waals surface area contributed by atoms with Crippen molar-refractivity contribution in [2.75, 3.05) is 32.8 Å². The van der Waals surface area contributed by atoms with E-state index in [0.717, 1.165) is 25.4 Å². The number of rotatable bonds is 7. The minimum Gasteiger partial charge on any atom is -0.492 e. The van der Waals surface area contributed by atoms with Crippen molar-refractivity contribution < 1.29 is 19.4 Å². The maximum Gasteiger partial charge on any atom is 0.329 e. The molecule has 0 amide bonds. The number of aryl methyl sites for hydroxylation is 2. The van der Waals surface area contributed by atoms with Crippen molar-refractivity contribution >= 4 is 5.97 Å². The van der Waals surface area contributed by atoms with E-state index >= 15 is 0 Å². The number of carboxylic acid groups (broad SMARTS) is 1. The highest BCUT2D eigenvalue weighted by Gasteiger charge is 2.39. The summed E-state index contributed by atoms with van der Waals surface area (Å²) in [4.78, 5) is 12.7. The molecule has 2 rings (SSSR count). The Morgan fingerprint density at radius 1 is 1.29 bits per heavy atom. The molecule has 1 heterocycles. The van der Waals surface area contributed by atoms with E-state index in [1.165, 1.54) is 11.1 Å². The number of likely N-dealkylation sites (tertiary alicyclic amines) is 1. The van der Waals surface area contributed by atoms with Gasteiger partial charge >= 0.3 is 5.97 Å². The Labute approximate surface area is 125 Å². The maximum absolute atomic E-state index is 10.5. The molecule has 1 aliphatic rings. The van der Waals surface area contributed by atoms with E-state index in [2.05, 4.69) is 24.8 Å². The molecule has 1 N–H and O–H groups in total. The normalized spacial score (nSPS) is 17.3. The van der Waals surface area contributed by atoms with E-state index in [1.807, 2.05) is 19.1 Å². The Hall–Kier alpha value is -1.59. The van der Waals surface area contributed by atoms with Gasteiger partial charge in [0.1, 0.15) is 19.0 Å². The number of benzene rings is 1. The summed E-state index contributed by atoms with van der Waals surface area (Å²) in [6, 6.07) is 6.18. The lowest BCUT2D eigenvalue weighted by Crippen LogP contribution is -2.62. The molecule has 5 heteroatoms. The van der Waals surface area contributed by atoms with E-state index in [9.17, 15) is 4.79 Å². The molecule has 0 bridgehead atoms. The van der Waals surface area contributed by atoms with Crippen LogP contribution >= 0.6 is 0 Å². The average molecular weight is 293 g/mol. The zero-order valence-corrected chi connectivity index (χ0v) is 12.9. The van der Waals surface area contributed by atoms with Gasteiger partial charge < -0.3 is 14.6 Å². The van der Waals surface area contributed by atoms with Crippen molar-refractivity contribution in [3.63, 3.8) is 0 Å². The topological polar surface area (TPSA) is 59.0 Å². The molecule has 0 radical (unpaired) electrons. The summed E-state index contributed by atoms with van der Waals surface area (Å²) in [5, 5.41) is 8.62. The summed E-state index contributed by atoms with van der Waals surface area (Å²) in [6.07, 6.45) is 0. The Morgan fingerprint density at radius 2 is 1.90 bits per heavy atom. The lowest BCUT2D eigenvalue weighted by Gasteiger charge is -2.47. The highest BCUT2D eigenvalue weighted by atomic mass is 16.5. The predicted molar refractivity (Wildman–Crippen MR) is 79.8 cm³/mol. The van der Waals surface area contributed by atoms with Crippen LogP contribution in [0.15, 0.2) is 18.2 Å². The summed E-state index contributed by atoms with van der Waals surface area (Å²) in [6.45, 7) is 8.76. The maximum atomic E-state index is 10.5. The van der Waals surface area contributed by atoms with E-state index in [4.69, 9.17) is 14.6 Å². The summed E-state index contributed by atoms with van der Waals surface area (Å²) < 4.78 is 11.1. The molecule has 0 aliphatic carbocycles. The van der Waals surface area contributed by atoms with Gasteiger partial charge in [0.25, 0.3) is 0 Å². The Bertz CT molecular complexity index is 489. The van der Waals surface area contributed by atoms with Gasteiger partial charge in [0.15, 0.2) is 0 Å². The van der Waals surface area contributed by atoms with Crippen molar-refractivity contribution in [1.29, 1.82) is 0 Å². The fraction of sp³-hybridized carbons (Fsp3) is 0.562. The van der Waals surface area contributed by atoms with Gasteiger partial charge in [-0.1, -0.05) is 6.07 Å². The zero-order chi connectivity index (χ0) is 15.5. The van der Waals surface area contributed by atoms with Gasteiger partial charge in [-0.15, -0.1) is 0 Å². The number of ether oxygens (including phenoxy) is 2. The highest BCUT2D eigenvalue weighted by molar-refractivity contribution is 5.68. The van der Waals surface area contributed by atoms with Crippen LogP contribution in [0.1, 0.15) is 18.1 Å². The second-order valence-corrected chi connectivity index (χ2v) is 6.01. The van der Waals surface area contributed by atoms with Crippen LogP contribution in [-0.2, 0) is 9.53 Å². The van der Waals surface area contributed by atoms with Crippen LogP contribution in [0.2, 0.25) is 0 Å². The lowest BCUT2D eigenvalue weighted by atomic mass is 9.96. The van der Waals surface area contributed by atoms with Crippen LogP contribution in [0.25, 0.3) is 0 Å². The lowest BCUT2D eigenvalue weighted by molar-refractivity contribution is -0.165. The average Bonchev–Trinajstić information content (AvgIpc) is 2.33. The van der Waals surface area contributed by atoms with Crippen LogP contribution in [0.5, 0.6) is 5.75 Å². The van der Waals surface area contributed by atoms with E-state index < -0.39 is 5.97 Å². The van der Waals surface area contributed by atoms with Crippen LogP contribution < -0.4 is 4.74 Å². The Morgan fingerprint density at radius 3 is 2.48 bits per heavy atom. The summed E-state index contributed by atoms with van der Waals surface area (Å²) in [5.41, 5.74) is 2.06. The van der Waals surface area contributed by atoms with Crippen molar-refractivity contribution in [3.05, 3.63) is 29.3 Å². The summed E-state index contributed by atoms with van der Waals surface area (Å²) in [5.74, 6) is -0.0225. The molecule has 1 aromatic carbocycles. The van der Waals surface area contributed by atoms with Gasteiger partial charge in [-0.05, 0) is 44.0 Å². The Balaban J connectivity index is 1.68. The third-order valence-electron chi connectivity index (χ3n) is 3.53. The molecule has 5 nitrogen and oxygen atoms in total. The SMILES string of the molecule is Cc1cc(C)cc(OCCN2CC(C)(OCC(=O)O)C2)c1.